The van der Waals surface area contributed by atoms with E-state index in [4.69, 9.17) is 9.47 Å². The number of carbonyl (C=O) groups is 1. The molecule has 1 amide bonds. The fraction of sp³-hybridized carbons (Fsp3) is 0.304. The maximum atomic E-state index is 12.5. The molecule has 0 radical (unpaired) electrons. The minimum atomic E-state index is -0.172. The molecular weight excluding hydrogens is 384 g/mol. The van der Waals surface area contributed by atoms with Crippen LogP contribution in [-0.2, 0) is 6.42 Å². The molecule has 3 aromatic rings. The van der Waals surface area contributed by atoms with E-state index in [0.29, 0.717) is 31.2 Å². The first-order valence-corrected chi connectivity index (χ1v) is 10.5. The number of nitrogens with zero attached hydrogens (tertiary/aromatic N) is 1. The summed E-state index contributed by atoms with van der Waals surface area (Å²) in [5.74, 6) is 1.94. The zero-order valence-corrected chi connectivity index (χ0v) is 17.8. The van der Waals surface area contributed by atoms with E-state index in [1.807, 2.05) is 48.5 Å². The molecule has 0 saturated heterocycles. The highest BCUT2D eigenvalue weighted by Crippen LogP contribution is 2.27. The lowest BCUT2D eigenvalue weighted by Gasteiger charge is -2.09. The normalized spacial score (nSPS) is 10.8. The van der Waals surface area contributed by atoms with Crippen LogP contribution in [0.3, 0.4) is 0 Å². The van der Waals surface area contributed by atoms with Crippen LogP contribution in [0.5, 0.6) is 11.5 Å². The summed E-state index contributed by atoms with van der Waals surface area (Å²) in [6.45, 7) is 5.42. The van der Waals surface area contributed by atoms with Gasteiger partial charge in [0.25, 0.3) is 5.91 Å². The standard InChI is InChI=1S/C23H26N2O3S/c1-16(2)14-28-19-9-6-8-18(13-19)23-25-20(15-29-23)22(26)24-12-11-17-7-4-5-10-21(17)27-3/h4-10,13,15-16H,11-12,14H2,1-3H3,(H,24,26). The van der Waals surface area contributed by atoms with E-state index in [9.17, 15) is 4.79 Å². The molecule has 5 nitrogen and oxygen atoms in total. The highest BCUT2D eigenvalue weighted by molar-refractivity contribution is 7.13. The molecule has 0 aliphatic rings. The second-order valence-electron chi connectivity index (χ2n) is 7.09. The van der Waals surface area contributed by atoms with Crippen LogP contribution >= 0.6 is 11.3 Å². The lowest BCUT2D eigenvalue weighted by Crippen LogP contribution is -2.26. The Morgan fingerprint density at radius 3 is 2.79 bits per heavy atom. The summed E-state index contributed by atoms with van der Waals surface area (Å²) < 4.78 is 11.1. The molecule has 0 atom stereocenters. The van der Waals surface area contributed by atoms with Gasteiger partial charge in [0.05, 0.1) is 13.7 Å². The number of aromatic nitrogens is 1. The molecule has 0 fully saturated rings. The SMILES string of the molecule is COc1ccccc1CCNC(=O)c1csc(-c2cccc(OCC(C)C)c2)n1. The van der Waals surface area contributed by atoms with Crippen molar-refractivity contribution in [3.05, 3.63) is 65.2 Å². The number of nitrogens with one attached hydrogen (secondary N) is 1. The van der Waals surface area contributed by atoms with Gasteiger partial charge in [0.15, 0.2) is 0 Å². The second-order valence-corrected chi connectivity index (χ2v) is 7.95. The average molecular weight is 411 g/mol. The molecule has 0 aliphatic carbocycles. The van der Waals surface area contributed by atoms with Crippen molar-refractivity contribution < 1.29 is 14.3 Å². The summed E-state index contributed by atoms with van der Waals surface area (Å²) in [5.41, 5.74) is 2.44. The van der Waals surface area contributed by atoms with Gasteiger partial charge in [0.2, 0.25) is 0 Å². The van der Waals surface area contributed by atoms with E-state index in [-0.39, 0.29) is 5.91 Å². The summed E-state index contributed by atoms with van der Waals surface area (Å²) in [4.78, 5) is 17.0. The van der Waals surface area contributed by atoms with E-state index < -0.39 is 0 Å². The Bertz CT molecular complexity index is 953. The summed E-state index contributed by atoms with van der Waals surface area (Å²) >= 11 is 1.45. The zero-order valence-electron chi connectivity index (χ0n) is 17.0. The van der Waals surface area contributed by atoms with Gasteiger partial charge < -0.3 is 14.8 Å². The lowest BCUT2D eigenvalue weighted by atomic mass is 10.1. The molecule has 6 heteroatoms. The number of rotatable bonds is 9. The number of carbonyl (C=O) groups excluding carboxylic acids is 1. The summed E-state index contributed by atoms with van der Waals surface area (Å²) in [6.07, 6.45) is 0.696. The molecule has 0 saturated carbocycles. The van der Waals surface area contributed by atoms with E-state index in [2.05, 4.69) is 24.1 Å². The van der Waals surface area contributed by atoms with Gasteiger partial charge in [0.1, 0.15) is 22.2 Å². The maximum absolute atomic E-state index is 12.5. The smallest absolute Gasteiger partial charge is 0.270 e. The van der Waals surface area contributed by atoms with Gasteiger partial charge in [-0.15, -0.1) is 11.3 Å². The number of ether oxygens (including phenoxy) is 2. The first-order valence-electron chi connectivity index (χ1n) is 9.65. The Balaban J connectivity index is 1.59. The van der Waals surface area contributed by atoms with Gasteiger partial charge in [-0.1, -0.05) is 44.2 Å². The summed E-state index contributed by atoms with van der Waals surface area (Å²) in [6, 6.07) is 15.6. The fourth-order valence-electron chi connectivity index (χ4n) is 2.80. The number of thiazole rings is 1. The van der Waals surface area contributed by atoms with Gasteiger partial charge in [0, 0.05) is 17.5 Å². The van der Waals surface area contributed by atoms with Crippen LogP contribution in [0.4, 0.5) is 0 Å². The van der Waals surface area contributed by atoms with Crippen LogP contribution < -0.4 is 14.8 Å². The molecule has 1 heterocycles. The molecule has 3 rings (SSSR count). The summed E-state index contributed by atoms with van der Waals surface area (Å²) in [5, 5.41) is 5.52. The number of hydrogen-bond acceptors (Lipinski definition) is 5. The predicted molar refractivity (Wildman–Crippen MR) is 117 cm³/mol. The predicted octanol–water partition coefficient (Wildman–Crippen LogP) is 4.83. The largest absolute Gasteiger partial charge is 0.496 e. The van der Waals surface area contributed by atoms with Crippen LogP contribution in [-0.4, -0.2) is 31.2 Å². The Morgan fingerprint density at radius 1 is 1.17 bits per heavy atom. The molecule has 0 aliphatic heterocycles. The number of methoxy groups -OCH3 is 1. The molecule has 0 bridgehead atoms. The van der Waals surface area contributed by atoms with Crippen LogP contribution in [0.15, 0.2) is 53.9 Å². The Labute approximate surface area is 175 Å². The minimum Gasteiger partial charge on any atom is -0.496 e. The highest BCUT2D eigenvalue weighted by Gasteiger charge is 2.12. The van der Waals surface area contributed by atoms with Crippen molar-refractivity contribution in [2.24, 2.45) is 5.92 Å². The summed E-state index contributed by atoms with van der Waals surface area (Å²) in [7, 11) is 1.65. The van der Waals surface area contributed by atoms with Crippen LogP contribution in [0, 0.1) is 5.92 Å². The zero-order chi connectivity index (χ0) is 20.6. The number of amides is 1. The third-order valence-electron chi connectivity index (χ3n) is 4.27. The molecular formula is C23H26N2O3S. The average Bonchev–Trinajstić information content (AvgIpc) is 3.23. The van der Waals surface area contributed by atoms with E-state index >= 15 is 0 Å². The monoisotopic (exact) mass is 410 g/mol. The van der Waals surface area contributed by atoms with E-state index in [0.717, 1.165) is 27.6 Å². The van der Waals surface area contributed by atoms with Crippen molar-refractivity contribution >= 4 is 17.2 Å². The molecule has 1 aromatic heterocycles. The Morgan fingerprint density at radius 2 is 2.00 bits per heavy atom. The molecule has 29 heavy (non-hydrogen) atoms. The molecule has 0 spiro atoms. The van der Waals surface area contributed by atoms with E-state index in [1.165, 1.54) is 11.3 Å². The van der Waals surface area contributed by atoms with Gasteiger partial charge in [-0.3, -0.25) is 4.79 Å². The quantitative estimate of drug-likeness (QED) is 0.549. The number of para-hydroxylation sites is 1. The van der Waals surface area contributed by atoms with Gasteiger partial charge in [-0.2, -0.15) is 0 Å². The van der Waals surface area contributed by atoms with Crippen molar-refractivity contribution in [1.82, 2.24) is 10.3 Å². The van der Waals surface area contributed by atoms with Gasteiger partial charge in [-0.25, -0.2) is 4.98 Å². The Kier molecular flexibility index (Phi) is 7.25. The fourth-order valence-corrected chi connectivity index (χ4v) is 3.60. The van der Waals surface area contributed by atoms with Crippen molar-refractivity contribution in [2.75, 3.05) is 20.3 Å². The van der Waals surface area contributed by atoms with Crippen molar-refractivity contribution in [3.8, 4) is 22.1 Å². The number of hydrogen-bond donors (Lipinski definition) is 1. The van der Waals surface area contributed by atoms with Crippen molar-refractivity contribution in [2.45, 2.75) is 20.3 Å². The van der Waals surface area contributed by atoms with Crippen molar-refractivity contribution in [3.63, 3.8) is 0 Å². The maximum Gasteiger partial charge on any atom is 0.270 e. The molecule has 1 N–H and O–H groups in total. The van der Waals surface area contributed by atoms with Crippen LogP contribution in [0.2, 0.25) is 0 Å². The van der Waals surface area contributed by atoms with Gasteiger partial charge >= 0.3 is 0 Å². The van der Waals surface area contributed by atoms with Crippen LogP contribution in [0.25, 0.3) is 10.6 Å². The molecule has 2 aromatic carbocycles. The van der Waals surface area contributed by atoms with Crippen molar-refractivity contribution in [1.29, 1.82) is 0 Å². The lowest BCUT2D eigenvalue weighted by molar-refractivity contribution is 0.0950. The molecule has 152 valence electrons. The first-order chi connectivity index (χ1) is 14.1. The highest BCUT2D eigenvalue weighted by atomic mass is 32.1. The van der Waals surface area contributed by atoms with Crippen LogP contribution in [0.1, 0.15) is 29.9 Å². The van der Waals surface area contributed by atoms with Gasteiger partial charge in [-0.05, 0) is 36.1 Å². The third-order valence-corrected chi connectivity index (χ3v) is 5.16. The second kappa shape index (κ2) is 10.1. The first kappa shape index (κ1) is 20.9. The Hall–Kier alpha value is -2.86. The third kappa shape index (κ3) is 5.81. The number of benzene rings is 2. The van der Waals surface area contributed by atoms with E-state index in [1.54, 1.807) is 12.5 Å². The molecule has 0 unspecified atom stereocenters. The minimum absolute atomic E-state index is 0.172. The topological polar surface area (TPSA) is 60.5 Å².